The zero-order valence-electron chi connectivity index (χ0n) is 16.8. The van der Waals surface area contributed by atoms with Crippen molar-refractivity contribution in [1.82, 2.24) is 9.78 Å². The molecule has 0 aliphatic rings. The number of fused-ring (bicyclic) bond motifs is 1. The Balaban J connectivity index is 1.54. The van der Waals surface area contributed by atoms with Crippen LogP contribution in [0.25, 0.3) is 22.0 Å². The molecule has 0 fully saturated rings. The largest absolute Gasteiger partial charge is 0.326 e. The molecule has 0 spiro atoms. The maximum Gasteiger partial charge on any atom is 0.267 e. The Morgan fingerprint density at radius 3 is 2.35 bits per heavy atom. The number of nitrogens with zero attached hydrogens (tertiary/aromatic N) is 2. The van der Waals surface area contributed by atoms with E-state index in [-0.39, 0.29) is 18.0 Å². The Bertz CT molecular complexity index is 1340. The van der Waals surface area contributed by atoms with Gasteiger partial charge in [-0.2, -0.15) is 5.10 Å². The first kappa shape index (κ1) is 20.0. The zero-order valence-corrected chi connectivity index (χ0v) is 16.8. The molecule has 0 bridgehead atoms. The number of rotatable bonds is 5. The SMILES string of the molecule is CC(=O)Nc1cccc(NC(=O)Cn2nc(-c3ccc4ccccc4c3)ccc2=O)c1. The van der Waals surface area contributed by atoms with Gasteiger partial charge in [0.15, 0.2) is 0 Å². The van der Waals surface area contributed by atoms with Gasteiger partial charge in [-0.15, -0.1) is 0 Å². The lowest BCUT2D eigenvalue weighted by molar-refractivity contribution is -0.117. The highest BCUT2D eigenvalue weighted by Gasteiger charge is 2.09. The van der Waals surface area contributed by atoms with Crippen LogP contribution in [0.2, 0.25) is 0 Å². The van der Waals surface area contributed by atoms with Crippen LogP contribution in [0.1, 0.15) is 6.92 Å². The Labute approximate surface area is 178 Å². The minimum Gasteiger partial charge on any atom is -0.326 e. The zero-order chi connectivity index (χ0) is 21.8. The molecule has 0 saturated heterocycles. The van der Waals surface area contributed by atoms with Crippen molar-refractivity contribution in [2.24, 2.45) is 0 Å². The Hall–Kier alpha value is -4.26. The molecule has 1 aromatic heterocycles. The molecule has 3 aromatic carbocycles. The second-order valence-electron chi connectivity index (χ2n) is 7.09. The lowest BCUT2D eigenvalue weighted by atomic mass is 10.1. The minimum absolute atomic E-state index is 0.204. The van der Waals surface area contributed by atoms with Gasteiger partial charge in [0.2, 0.25) is 11.8 Å². The van der Waals surface area contributed by atoms with E-state index in [0.29, 0.717) is 17.1 Å². The number of amides is 2. The number of anilines is 2. The molecule has 2 N–H and O–H groups in total. The van der Waals surface area contributed by atoms with E-state index in [2.05, 4.69) is 15.7 Å². The highest BCUT2D eigenvalue weighted by Crippen LogP contribution is 2.22. The van der Waals surface area contributed by atoms with Gasteiger partial charge in [0, 0.05) is 29.9 Å². The first-order chi connectivity index (χ1) is 15.0. The van der Waals surface area contributed by atoms with Gasteiger partial charge in [-0.1, -0.05) is 42.5 Å². The summed E-state index contributed by atoms with van der Waals surface area (Å²) in [5, 5.41) is 11.9. The highest BCUT2D eigenvalue weighted by atomic mass is 16.2. The van der Waals surface area contributed by atoms with Crippen molar-refractivity contribution < 1.29 is 9.59 Å². The van der Waals surface area contributed by atoms with Gasteiger partial charge in [0.25, 0.3) is 5.56 Å². The summed E-state index contributed by atoms with van der Waals surface area (Å²) in [6.45, 7) is 1.18. The van der Waals surface area contributed by atoms with E-state index in [1.807, 2.05) is 42.5 Å². The number of carbonyl (C=O) groups excluding carboxylic acids is 2. The molecule has 4 rings (SSSR count). The molecule has 0 unspecified atom stereocenters. The molecule has 0 atom stereocenters. The molecule has 0 saturated carbocycles. The van der Waals surface area contributed by atoms with Crippen molar-refractivity contribution in [2.75, 3.05) is 10.6 Å². The van der Waals surface area contributed by atoms with Crippen LogP contribution in [0.15, 0.2) is 83.7 Å². The Morgan fingerprint density at radius 2 is 1.58 bits per heavy atom. The summed E-state index contributed by atoms with van der Waals surface area (Å²) < 4.78 is 1.14. The van der Waals surface area contributed by atoms with E-state index in [0.717, 1.165) is 21.0 Å². The van der Waals surface area contributed by atoms with Crippen LogP contribution in [0.4, 0.5) is 11.4 Å². The molecule has 7 nitrogen and oxygen atoms in total. The van der Waals surface area contributed by atoms with Crippen molar-refractivity contribution in [3.63, 3.8) is 0 Å². The fraction of sp³-hybridized carbons (Fsp3) is 0.0833. The van der Waals surface area contributed by atoms with Crippen molar-refractivity contribution in [3.8, 4) is 11.3 Å². The van der Waals surface area contributed by atoms with Crippen LogP contribution in [-0.2, 0) is 16.1 Å². The average Bonchev–Trinajstić information content (AvgIpc) is 2.74. The van der Waals surface area contributed by atoms with Gasteiger partial charge in [0.1, 0.15) is 6.54 Å². The fourth-order valence-electron chi connectivity index (χ4n) is 3.28. The van der Waals surface area contributed by atoms with Crippen molar-refractivity contribution in [3.05, 3.63) is 89.2 Å². The summed E-state index contributed by atoms with van der Waals surface area (Å²) in [6, 6.07) is 23.7. The maximum atomic E-state index is 12.5. The quantitative estimate of drug-likeness (QED) is 0.523. The summed E-state index contributed by atoms with van der Waals surface area (Å²) in [6.07, 6.45) is 0. The number of nitrogens with one attached hydrogen (secondary N) is 2. The van der Waals surface area contributed by atoms with E-state index in [1.165, 1.54) is 13.0 Å². The van der Waals surface area contributed by atoms with E-state index < -0.39 is 5.91 Å². The second-order valence-corrected chi connectivity index (χ2v) is 7.09. The number of hydrogen-bond donors (Lipinski definition) is 2. The predicted molar refractivity (Wildman–Crippen MR) is 121 cm³/mol. The molecule has 7 heteroatoms. The molecule has 0 aliphatic heterocycles. The lowest BCUT2D eigenvalue weighted by Gasteiger charge is -2.10. The van der Waals surface area contributed by atoms with Crippen molar-refractivity contribution in [1.29, 1.82) is 0 Å². The molecule has 0 aliphatic carbocycles. The normalized spacial score (nSPS) is 10.6. The first-order valence-corrected chi connectivity index (χ1v) is 9.73. The summed E-state index contributed by atoms with van der Waals surface area (Å²) in [7, 11) is 0. The predicted octanol–water partition coefficient (Wildman–Crippen LogP) is 3.66. The van der Waals surface area contributed by atoms with Gasteiger partial charge >= 0.3 is 0 Å². The number of benzene rings is 3. The van der Waals surface area contributed by atoms with Gasteiger partial charge < -0.3 is 10.6 Å². The first-order valence-electron chi connectivity index (χ1n) is 9.73. The Morgan fingerprint density at radius 1 is 0.839 bits per heavy atom. The Kier molecular flexibility index (Phi) is 5.57. The molecule has 154 valence electrons. The number of carbonyl (C=O) groups is 2. The van der Waals surface area contributed by atoms with Crippen LogP contribution in [0.5, 0.6) is 0 Å². The number of hydrogen-bond acceptors (Lipinski definition) is 4. The van der Waals surface area contributed by atoms with Crippen LogP contribution >= 0.6 is 0 Å². The second kappa shape index (κ2) is 8.62. The molecule has 1 heterocycles. The van der Waals surface area contributed by atoms with Crippen molar-refractivity contribution in [2.45, 2.75) is 13.5 Å². The fourth-order valence-corrected chi connectivity index (χ4v) is 3.28. The van der Waals surface area contributed by atoms with Crippen LogP contribution < -0.4 is 16.2 Å². The molecule has 0 radical (unpaired) electrons. The molecule has 4 aromatic rings. The van der Waals surface area contributed by atoms with Gasteiger partial charge in [-0.3, -0.25) is 14.4 Å². The smallest absolute Gasteiger partial charge is 0.267 e. The van der Waals surface area contributed by atoms with E-state index in [1.54, 1.807) is 30.3 Å². The van der Waals surface area contributed by atoms with Crippen molar-refractivity contribution >= 4 is 34.0 Å². The summed E-state index contributed by atoms with van der Waals surface area (Å²) in [5.74, 6) is -0.602. The monoisotopic (exact) mass is 412 g/mol. The summed E-state index contributed by atoms with van der Waals surface area (Å²) >= 11 is 0. The van der Waals surface area contributed by atoms with E-state index >= 15 is 0 Å². The molecule has 2 amide bonds. The minimum atomic E-state index is -0.398. The molecular weight excluding hydrogens is 392 g/mol. The topological polar surface area (TPSA) is 93.1 Å². The van der Waals surface area contributed by atoms with Gasteiger partial charge in [-0.25, -0.2) is 4.68 Å². The molecular formula is C24H20N4O3. The van der Waals surface area contributed by atoms with E-state index in [9.17, 15) is 14.4 Å². The van der Waals surface area contributed by atoms with Gasteiger partial charge in [0.05, 0.1) is 5.69 Å². The van der Waals surface area contributed by atoms with E-state index in [4.69, 9.17) is 0 Å². The standard InChI is InChI=1S/C24H20N4O3/c1-16(29)25-20-7-4-8-21(14-20)26-23(30)15-28-24(31)12-11-22(27-28)19-10-9-17-5-2-3-6-18(17)13-19/h2-14H,15H2,1H3,(H,25,29)(H,26,30). The third-order valence-electron chi connectivity index (χ3n) is 4.67. The molecule has 31 heavy (non-hydrogen) atoms. The third-order valence-corrected chi connectivity index (χ3v) is 4.67. The van der Waals surface area contributed by atoms with Crippen LogP contribution in [-0.4, -0.2) is 21.6 Å². The summed E-state index contributed by atoms with van der Waals surface area (Å²) in [4.78, 5) is 35.9. The lowest BCUT2D eigenvalue weighted by Crippen LogP contribution is -2.29. The van der Waals surface area contributed by atoms with Gasteiger partial charge in [-0.05, 0) is 41.1 Å². The number of aromatic nitrogens is 2. The third kappa shape index (κ3) is 4.84. The average molecular weight is 412 g/mol. The van der Waals surface area contributed by atoms with Crippen LogP contribution in [0.3, 0.4) is 0 Å². The summed E-state index contributed by atoms with van der Waals surface area (Å²) in [5.41, 5.74) is 2.17. The maximum absolute atomic E-state index is 12.5. The highest BCUT2D eigenvalue weighted by molar-refractivity contribution is 5.93. The van der Waals surface area contributed by atoms with Crippen LogP contribution in [0, 0.1) is 0 Å².